The number of quaternary nitrogens is 1. The maximum Gasteiger partial charge on any atom is 0.120 e. The molecule has 112 valence electrons. The number of ether oxygens (including phenoxy) is 1. The molecule has 2 rings (SSSR count). The summed E-state index contributed by atoms with van der Waals surface area (Å²) in [6.45, 7) is 2.11. The lowest BCUT2D eigenvalue weighted by Gasteiger charge is -2.09. The molecule has 0 saturated heterocycles. The van der Waals surface area contributed by atoms with Crippen LogP contribution < -0.4 is 10.1 Å². The van der Waals surface area contributed by atoms with Gasteiger partial charge in [-0.25, -0.2) is 0 Å². The van der Waals surface area contributed by atoms with E-state index in [1.165, 1.54) is 0 Å². The van der Waals surface area contributed by atoms with Crippen molar-refractivity contribution < 1.29 is 15.2 Å². The molecule has 0 atom stereocenters. The SMILES string of the molecule is OCC[NH2+]Cc1cccc(OCc2ccc(Cl)cc2Cl)c1. The van der Waals surface area contributed by atoms with Gasteiger partial charge in [0.05, 0.1) is 13.2 Å². The fourth-order valence-electron chi connectivity index (χ4n) is 1.92. The summed E-state index contributed by atoms with van der Waals surface area (Å²) in [7, 11) is 0. The van der Waals surface area contributed by atoms with Crippen molar-refractivity contribution >= 4 is 23.2 Å². The van der Waals surface area contributed by atoms with E-state index in [9.17, 15) is 0 Å². The first-order valence-corrected chi connectivity index (χ1v) is 7.53. The van der Waals surface area contributed by atoms with Crippen LogP contribution in [0.1, 0.15) is 11.1 Å². The first-order valence-electron chi connectivity index (χ1n) is 6.77. The predicted molar refractivity (Wildman–Crippen MR) is 84.8 cm³/mol. The third kappa shape index (κ3) is 5.21. The quantitative estimate of drug-likeness (QED) is 0.768. The van der Waals surface area contributed by atoms with Crippen LogP contribution in [0.4, 0.5) is 0 Å². The molecule has 0 aliphatic carbocycles. The van der Waals surface area contributed by atoms with Crippen molar-refractivity contribution in [2.24, 2.45) is 0 Å². The molecule has 0 spiro atoms. The Morgan fingerprint density at radius 3 is 2.71 bits per heavy atom. The van der Waals surface area contributed by atoms with Crippen LogP contribution in [0.25, 0.3) is 0 Å². The standard InChI is InChI=1S/C16H17Cl2NO2/c17-14-5-4-13(16(18)9-14)11-21-15-3-1-2-12(8-15)10-19-6-7-20/h1-5,8-9,19-20H,6-7,10-11H2/p+1. The Balaban J connectivity index is 1.95. The van der Waals surface area contributed by atoms with Crippen molar-refractivity contribution in [3.63, 3.8) is 0 Å². The highest BCUT2D eigenvalue weighted by Gasteiger charge is 2.04. The van der Waals surface area contributed by atoms with Crippen LogP contribution in [0.5, 0.6) is 5.75 Å². The van der Waals surface area contributed by atoms with Crippen LogP contribution >= 0.6 is 23.2 Å². The van der Waals surface area contributed by atoms with Crippen LogP contribution in [0.2, 0.25) is 10.0 Å². The van der Waals surface area contributed by atoms with Crippen molar-refractivity contribution in [1.82, 2.24) is 0 Å². The van der Waals surface area contributed by atoms with E-state index in [0.717, 1.165) is 23.4 Å². The summed E-state index contributed by atoms with van der Waals surface area (Å²) in [5, 5.41) is 12.0. The summed E-state index contributed by atoms with van der Waals surface area (Å²) in [6, 6.07) is 13.3. The lowest BCUT2D eigenvalue weighted by molar-refractivity contribution is -0.671. The second-order valence-electron chi connectivity index (χ2n) is 4.68. The average Bonchev–Trinajstić information content (AvgIpc) is 2.47. The lowest BCUT2D eigenvalue weighted by Crippen LogP contribution is -2.83. The van der Waals surface area contributed by atoms with Gasteiger partial charge in [-0.3, -0.25) is 0 Å². The minimum atomic E-state index is 0.186. The van der Waals surface area contributed by atoms with E-state index in [1.54, 1.807) is 12.1 Å². The van der Waals surface area contributed by atoms with Gasteiger partial charge in [0.2, 0.25) is 0 Å². The van der Waals surface area contributed by atoms with Crippen LogP contribution in [-0.2, 0) is 13.2 Å². The van der Waals surface area contributed by atoms with Crippen molar-refractivity contribution in [1.29, 1.82) is 0 Å². The summed E-state index contributed by atoms with van der Waals surface area (Å²) in [4.78, 5) is 0. The average molecular weight is 327 g/mol. The molecule has 0 radical (unpaired) electrons. The highest BCUT2D eigenvalue weighted by molar-refractivity contribution is 6.35. The Morgan fingerprint density at radius 2 is 1.95 bits per heavy atom. The summed E-state index contributed by atoms with van der Waals surface area (Å²) >= 11 is 12.0. The Morgan fingerprint density at radius 1 is 1.10 bits per heavy atom. The van der Waals surface area contributed by atoms with Gasteiger partial charge in [-0.15, -0.1) is 0 Å². The van der Waals surface area contributed by atoms with Crippen molar-refractivity contribution in [2.75, 3.05) is 13.2 Å². The summed E-state index contributed by atoms with van der Waals surface area (Å²) in [5.41, 5.74) is 2.06. The fourth-order valence-corrected chi connectivity index (χ4v) is 2.39. The van der Waals surface area contributed by atoms with Crippen molar-refractivity contribution in [2.45, 2.75) is 13.2 Å². The Bertz CT molecular complexity index is 590. The zero-order chi connectivity index (χ0) is 15.1. The number of halogens is 2. The van der Waals surface area contributed by atoms with Gasteiger partial charge >= 0.3 is 0 Å². The van der Waals surface area contributed by atoms with Gasteiger partial charge in [0, 0.05) is 21.2 Å². The number of aliphatic hydroxyl groups is 1. The van der Waals surface area contributed by atoms with Crippen LogP contribution in [0.3, 0.4) is 0 Å². The van der Waals surface area contributed by atoms with E-state index in [4.69, 9.17) is 33.0 Å². The summed E-state index contributed by atoms with van der Waals surface area (Å²) in [5.74, 6) is 0.802. The van der Waals surface area contributed by atoms with Gasteiger partial charge in [0.15, 0.2) is 0 Å². The van der Waals surface area contributed by atoms with Gasteiger partial charge in [-0.2, -0.15) is 0 Å². The molecule has 3 nitrogen and oxygen atoms in total. The summed E-state index contributed by atoms with van der Waals surface area (Å²) in [6.07, 6.45) is 0. The molecule has 0 bridgehead atoms. The highest BCUT2D eigenvalue weighted by Crippen LogP contribution is 2.23. The third-order valence-corrected chi connectivity index (χ3v) is 3.61. The van der Waals surface area contributed by atoms with Crippen molar-refractivity contribution in [3.05, 3.63) is 63.6 Å². The molecule has 0 aliphatic heterocycles. The molecule has 0 amide bonds. The molecule has 3 N–H and O–H groups in total. The zero-order valence-electron chi connectivity index (χ0n) is 11.6. The largest absolute Gasteiger partial charge is 0.489 e. The maximum absolute atomic E-state index is 8.78. The first kappa shape index (κ1) is 16.1. The van der Waals surface area contributed by atoms with Gasteiger partial charge in [-0.1, -0.05) is 41.4 Å². The minimum absolute atomic E-state index is 0.186. The number of aliphatic hydroxyl groups excluding tert-OH is 1. The number of rotatable bonds is 7. The first-order chi connectivity index (χ1) is 10.2. The molecule has 0 aromatic heterocycles. The molecule has 0 unspecified atom stereocenters. The Labute approximate surface area is 134 Å². The minimum Gasteiger partial charge on any atom is -0.489 e. The van der Waals surface area contributed by atoms with Gasteiger partial charge in [-0.05, 0) is 24.3 Å². The number of benzene rings is 2. The third-order valence-electron chi connectivity index (χ3n) is 3.02. The van der Waals surface area contributed by atoms with E-state index in [-0.39, 0.29) is 6.61 Å². The number of hydrogen-bond acceptors (Lipinski definition) is 2. The van der Waals surface area contributed by atoms with E-state index in [0.29, 0.717) is 23.2 Å². The molecule has 2 aromatic rings. The van der Waals surface area contributed by atoms with Gasteiger partial charge in [0.1, 0.15) is 18.9 Å². The van der Waals surface area contributed by atoms with E-state index in [2.05, 4.69) is 5.32 Å². The van der Waals surface area contributed by atoms with Crippen LogP contribution in [0.15, 0.2) is 42.5 Å². The molecule has 0 fully saturated rings. The molecule has 0 aliphatic rings. The molecule has 21 heavy (non-hydrogen) atoms. The summed E-state index contributed by atoms with van der Waals surface area (Å²) < 4.78 is 5.77. The van der Waals surface area contributed by atoms with E-state index >= 15 is 0 Å². The Kier molecular flexibility index (Phi) is 6.33. The molecule has 0 saturated carbocycles. The molecule has 5 heteroatoms. The second kappa shape index (κ2) is 8.25. The molecular formula is C16H18Cl2NO2+. The molecular weight excluding hydrogens is 309 g/mol. The highest BCUT2D eigenvalue weighted by atomic mass is 35.5. The van der Waals surface area contributed by atoms with E-state index in [1.807, 2.05) is 30.3 Å². The molecule has 0 heterocycles. The monoisotopic (exact) mass is 326 g/mol. The smallest absolute Gasteiger partial charge is 0.120 e. The molecule has 2 aromatic carbocycles. The maximum atomic E-state index is 8.78. The van der Waals surface area contributed by atoms with Crippen LogP contribution in [-0.4, -0.2) is 18.3 Å². The van der Waals surface area contributed by atoms with Gasteiger partial charge < -0.3 is 15.2 Å². The zero-order valence-corrected chi connectivity index (χ0v) is 13.1. The topological polar surface area (TPSA) is 46.1 Å². The Hall–Kier alpha value is -1.26. The number of hydrogen-bond donors (Lipinski definition) is 2. The predicted octanol–water partition coefficient (Wildman–Crippen LogP) is 2.63. The van der Waals surface area contributed by atoms with Crippen LogP contribution in [0, 0.1) is 0 Å². The lowest BCUT2D eigenvalue weighted by atomic mass is 10.2. The number of nitrogens with two attached hydrogens (primary N) is 1. The van der Waals surface area contributed by atoms with Gasteiger partial charge in [0.25, 0.3) is 0 Å². The van der Waals surface area contributed by atoms with E-state index < -0.39 is 0 Å². The second-order valence-corrected chi connectivity index (χ2v) is 5.52. The van der Waals surface area contributed by atoms with Crippen molar-refractivity contribution in [3.8, 4) is 5.75 Å². The fraction of sp³-hybridized carbons (Fsp3) is 0.250. The normalized spacial score (nSPS) is 10.6.